The number of hydrogen-bond donors (Lipinski definition) is 0. The fraction of sp³-hybridized carbons (Fsp3) is 0.286. The second-order valence-corrected chi connectivity index (χ2v) is 8.72. The predicted octanol–water partition coefficient (Wildman–Crippen LogP) is 3.17. The maximum atomic E-state index is 12.8. The predicted molar refractivity (Wildman–Crippen MR) is 105 cm³/mol. The Morgan fingerprint density at radius 3 is 2.26 bits per heavy atom. The van der Waals surface area contributed by atoms with E-state index in [9.17, 15) is 13.2 Å². The topological polar surface area (TPSA) is 63.7 Å². The molecule has 1 heterocycles. The van der Waals surface area contributed by atoms with Gasteiger partial charge in [0.15, 0.2) is 9.84 Å². The molecule has 3 rings (SSSR count). The van der Waals surface area contributed by atoms with Gasteiger partial charge in [-0.25, -0.2) is 8.42 Å². The van der Waals surface area contributed by atoms with Crippen LogP contribution in [0.2, 0.25) is 0 Å². The average molecular weight is 385 g/mol. The molecule has 1 saturated heterocycles. The molecule has 1 amide bonds. The Hall–Kier alpha value is -2.60. The second kappa shape index (κ2) is 8.39. The zero-order valence-corrected chi connectivity index (χ0v) is 16.1. The van der Waals surface area contributed by atoms with Gasteiger partial charge in [0.2, 0.25) is 5.91 Å². The highest BCUT2D eigenvalue weighted by molar-refractivity contribution is 7.92. The van der Waals surface area contributed by atoms with Crippen LogP contribution in [-0.4, -0.2) is 44.7 Å². The van der Waals surface area contributed by atoms with Gasteiger partial charge in [-0.2, -0.15) is 0 Å². The van der Waals surface area contributed by atoms with E-state index in [1.54, 1.807) is 48.4 Å². The molecule has 2 aromatic carbocycles. The van der Waals surface area contributed by atoms with Crippen LogP contribution in [0.15, 0.2) is 65.6 Å². The highest BCUT2D eigenvalue weighted by Crippen LogP contribution is 2.26. The molecule has 2 aromatic rings. The van der Waals surface area contributed by atoms with E-state index in [1.807, 2.05) is 30.3 Å². The zero-order valence-electron chi connectivity index (χ0n) is 15.2. The zero-order chi connectivity index (χ0) is 19.3. The Kier molecular flexibility index (Phi) is 5.96. The third-order valence-electron chi connectivity index (χ3n) is 4.80. The van der Waals surface area contributed by atoms with Gasteiger partial charge in [-0.3, -0.25) is 4.79 Å². The SMILES string of the molecule is COc1ccc(S(=O)(=O)C2CCN(C(=O)/C=C/c3ccccc3)CC2)cc1. The van der Waals surface area contributed by atoms with E-state index in [4.69, 9.17) is 4.74 Å². The maximum Gasteiger partial charge on any atom is 0.246 e. The lowest BCUT2D eigenvalue weighted by Gasteiger charge is -2.31. The number of ether oxygens (including phenoxy) is 1. The van der Waals surface area contributed by atoms with E-state index in [0.29, 0.717) is 36.6 Å². The number of sulfone groups is 1. The summed E-state index contributed by atoms with van der Waals surface area (Å²) < 4.78 is 30.7. The van der Waals surface area contributed by atoms with Crippen LogP contribution in [0.1, 0.15) is 18.4 Å². The van der Waals surface area contributed by atoms with Gasteiger partial charge in [0, 0.05) is 19.2 Å². The first-order chi connectivity index (χ1) is 13.0. The number of carbonyl (C=O) groups excluding carboxylic acids is 1. The summed E-state index contributed by atoms with van der Waals surface area (Å²) in [6, 6.07) is 16.1. The van der Waals surface area contributed by atoms with Gasteiger partial charge in [-0.05, 0) is 48.7 Å². The van der Waals surface area contributed by atoms with Gasteiger partial charge >= 0.3 is 0 Å². The summed E-state index contributed by atoms with van der Waals surface area (Å²) >= 11 is 0. The van der Waals surface area contributed by atoms with E-state index in [-0.39, 0.29) is 5.91 Å². The largest absolute Gasteiger partial charge is 0.497 e. The summed E-state index contributed by atoms with van der Waals surface area (Å²) in [5.41, 5.74) is 0.961. The molecule has 0 aliphatic carbocycles. The summed E-state index contributed by atoms with van der Waals surface area (Å²) in [4.78, 5) is 14.4. The summed E-state index contributed by atoms with van der Waals surface area (Å²) in [5, 5.41) is -0.465. The normalized spacial score (nSPS) is 15.8. The minimum atomic E-state index is -3.40. The van der Waals surface area contributed by atoms with Gasteiger partial charge in [0.1, 0.15) is 5.75 Å². The van der Waals surface area contributed by atoms with Crippen LogP contribution in [-0.2, 0) is 14.6 Å². The molecule has 27 heavy (non-hydrogen) atoms. The lowest BCUT2D eigenvalue weighted by molar-refractivity contribution is -0.126. The molecular formula is C21H23NO4S. The summed E-state index contributed by atoms with van der Waals surface area (Å²) in [5.74, 6) is 0.540. The molecule has 0 N–H and O–H groups in total. The number of hydrogen-bond acceptors (Lipinski definition) is 4. The minimum absolute atomic E-state index is 0.0841. The third-order valence-corrected chi connectivity index (χ3v) is 7.08. The quantitative estimate of drug-likeness (QED) is 0.742. The Morgan fingerprint density at radius 1 is 1.04 bits per heavy atom. The fourth-order valence-corrected chi connectivity index (χ4v) is 4.91. The van der Waals surface area contributed by atoms with Gasteiger partial charge in [0.05, 0.1) is 17.3 Å². The summed E-state index contributed by atoms with van der Waals surface area (Å²) in [6.07, 6.45) is 4.22. The molecule has 0 bridgehead atoms. The van der Waals surface area contributed by atoms with Crippen LogP contribution in [0.4, 0.5) is 0 Å². The number of methoxy groups -OCH3 is 1. The highest BCUT2D eigenvalue weighted by Gasteiger charge is 2.32. The second-order valence-electron chi connectivity index (χ2n) is 6.49. The van der Waals surface area contributed by atoms with Crippen LogP contribution in [0.3, 0.4) is 0 Å². The van der Waals surface area contributed by atoms with E-state index in [2.05, 4.69) is 0 Å². The van der Waals surface area contributed by atoms with E-state index >= 15 is 0 Å². The summed E-state index contributed by atoms with van der Waals surface area (Å²) in [7, 11) is -1.86. The lowest BCUT2D eigenvalue weighted by Crippen LogP contribution is -2.41. The average Bonchev–Trinajstić information content (AvgIpc) is 2.73. The molecule has 0 atom stereocenters. The monoisotopic (exact) mass is 385 g/mol. The maximum absolute atomic E-state index is 12.8. The number of carbonyl (C=O) groups is 1. The molecule has 0 aromatic heterocycles. The van der Waals surface area contributed by atoms with E-state index in [0.717, 1.165) is 5.56 Å². The Bertz CT molecular complexity index is 897. The molecule has 1 fully saturated rings. The van der Waals surface area contributed by atoms with Gasteiger partial charge in [-0.15, -0.1) is 0 Å². The first-order valence-corrected chi connectivity index (χ1v) is 10.5. The smallest absolute Gasteiger partial charge is 0.246 e. The van der Waals surface area contributed by atoms with Crippen molar-refractivity contribution >= 4 is 21.8 Å². The molecule has 0 radical (unpaired) electrons. The molecule has 1 aliphatic heterocycles. The third kappa shape index (κ3) is 4.57. The lowest BCUT2D eigenvalue weighted by atomic mass is 10.1. The molecule has 5 nitrogen and oxygen atoms in total. The van der Waals surface area contributed by atoms with Crippen molar-refractivity contribution in [3.8, 4) is 5.75 Å². The fourth-order valence-electron chi connectivity index (χ4n) is 3.18. The number of piperidine rings is 1. The molecule has 6 heteroatoms. The van der Waals surface area contributed by atoms with Crippen LogP contribution in [0.25, 0.3) is 6.08 Å². The highest BCUT2D eigenvalue weighted by atomic mass is 32.2. The van der Waals surface area contributed by atoms with Crippen LogP contribution >= 0.6 is 0 Å². The van der Waals surface area contributed by atoms with Crippen LogP contribution < -0.4 is 4.74 Å². The molecule has 0 saturated carbocycles. The number of rotatable bonds is 5. The molecule has 1 aliphatic rings. The number of nitrogens with zero attached hydrogens (tertiary/aromatic N) is 1. The summed E-state index contributed by atoms with van der Waals surface area (Å²) in [6.45, 7) is 0.885. The molecular weight excluding hydrogens is 362 g/mol. The van der Waals surface area contributed by atoms with Crippen molar-refractivity contribution in [3.63, 3.8) is 0 Å². The van der Waals surface area contributed by atoms with Crippen molar-refractivity contribution < 1.29 is 17.9 Å². The Morgan fingerprint density at radius 2 is 1.67 bits per heavy atom. The van der Waals surface area contributed by atoms with Crippen molar-refractivity contribution in [2.24, 2.45) is 0 Å². The molecule has 0 spiro atoms. The van der Waals surface area contributed by atoms with Crippen molar-refractivity contribution in [1.82, 2.24) is 4.90 Å². The molecule has 0 unspecified atom stereocenters. The Balaban J connectivity index is 1.60. The first kappa shape index (κ1) is 19.2. The molecule has 142 valence electrons. The van der Waals surface area contributed by atoms with Crippen molar-refractivity contribution in [2.45, 2.75) is 23.0 Å². The van der Waals surface area contributed by atoms with Crippen LogP contribution in [0.5, 0.6) is 5.75 Å². The van der Waals surface area contributed by atoms with Crippen molar-refractivity contribution in [2.75, 3.05) is 20.2 Å². The number of benzene rings is 2. The first-order valence-electron chi connectivity index (χ1n) is 8.90. The van der Waals surface area contributed by atoms with E-state index < -0.39 is 15.1 Å². The number of amides is 1. The van der Waals surface area contributed by atoms with Crippen LogP contribution in [0, 0.1) is 0 Å². The standard InChI is InChI=1S/C21H23NO4S/c1-26-18-8-10-19(11-9-18)27(24,25)20-13-15-22(16-14-20)21(23)12-7-17-5-3-2-4-6-17/h2-12,20H,13-16H2,1H3/b12-7+. The van der Waals surface area contributed by atoms with Gasteiger partial charge < -0.3 is 9.64 Å². The van der Waals surface area contributed by atoms with Gasteiger partial charge in [0.25, 0.3) is 0 Å². The Labute approximate surface area is 160 Å². The van der Waals surface area contributed by atoms with Gasteiger partial charge in [-0.1, -0.05) is 30.3 Å². The van der Waals surface area contributed by atoms with E-state index in [1.165, 1.54) is 0 Å². The number of likely N-dealkylation sites (tertiary alicyclic amines) is 1. The minimum Gasteiger partial charge on any atom is -0.497 e. The van der Waals surface area contributed by atoms with Crippen molar-refractivity contribution in [3.05, 3.63) is 66.2 Å². The van der Waals surface area contributed by atoms with Crippen molar-refractivity contribution in [1.29, 1.82) is 0 Å².